The van der Waals surface area contributed by atoms with Crippen LogP contribution < -0.4 is 0 Å². The van der Waals surface area contributed by atoms with Crippen LogP contribution in [0.15, 0.2) is 60.2 Å². The van der Waals surface area contributed by atoms with E-state index in [1.807, 2.05) is 0 Å². The molecule has 0 spiro atoms. The first-order chi connectivity index (χ1) is 16.0. The van der Waals surface area contributed by atoms with Gasteiger partial charge in [-0.2, -0.15) is 0 Å². The zero-order valence-electron chi connectivity index (χ0n) is 18.1. The number of amides is 1. The largest absolute Gasteiger partial charge is 0.507 e. The second kappa shape index (κ2) is 9.93. The molecule has 0 unspecified atom stereocenters. The topological polar surface area (TPSA) is 113 Å². The number of non-ortho nitro benzene ring substituents is 1. The molecule has 1 atom stereocenters. The maximum absolute atomic E-state index is 13.0. The predicted molar refractivity (Wildman–Crippen MR) is 120 cm³/mol. The molecule has 2 saturated heterocycles. The highest BCUT2D eigenvalue weighted by Crippen LogP contribution is 2.39. The molecule has 2 aliphatic rings. The number of nitrogens with zero attached hydrogens (tertiary/aromatic N) is 3. The Kier molecular flexibility index (Phi) is 6.81. The standard InChI is InChI=1S/C24H25N3O6/c28-22(18-5-2-1-3-6-18)20-21(17-7-9-19(10-8-17)27(31)32)26(24(30)23(20)29)12-4-11-25-13-15-33-16-14-25/h1-3,5-10,21,28H,4,11-16H2/t21-/m0/s1. The zero-order chi connectivity index (χ0) is 23.4. The van der Waals surface area contributed by atoms with E-state index in [4.69, 9.17) is 4.74 Å². The van der Waals surface area contributed by atoms with Gasteiger partial charge in [-0.1, -0.05) is 30.3 Å². The number of carbonyl (C=O) groups is 2. The Morgan fingerprint density at radius 1 is 1.03 bits per heavy atom. The molecule has 2 fully saturated rings. The van der Waals surface area contributed by atoms with Crippen LogP contribution in [0.2, 0.25) is 0 Å². The second-order valence-corrected chi connectivity index (χ2v) is 8.01. The SMILES string of the molecule is O=C1C(=O)N(CCCN2CCOCC2)[C@@H](c2ccc([N+](=O)[O-])cc2)C1=C(O)c1ccccc1. The predicted octanol–water partition coefficient (Wildman–Crippen LogP) is 2.74. The summed E-state index contributed by atoms with van der Waals surface area (Å²) >= 11 is 0. The van der Waals surface area contributed by atoms with Crippen molar-refractivity contribution < 1.29 is 24.4 Å². The molecule has 4 rings (SSSR count). The molecule has 1 N–H and O–H groups in total. The molecule has 0 saturated carbocycles. The number of hydrogen-bond acceptors (Lipinski definition) is 7. The fourth-order valence-corrected chi connectivity index (χ4v) is 4.28. The highest BCUT2D eigenvalue weighted by atomic mass is 16.6. The van der Waals surface area contributed by atoms with Gasteiger partial charge in [-0.3, -0.25) is 24.6 Å². The van der Waals surface area contributed by atoms with Crippen molar-refractivity contribution in [1.82, 2.24) is 9.80 Å². The maximum atomic E-state index is 13.0. The van der Waals surface area contributed by atoms with Crippen LogP contribution in [0.3, 0.4) is 0 Å². The molecule has 2 aromatic rings. The molecule has 0 aliphatic carbocycles. The van der Waals surface area contributed by atoms with Crippen molar-refractivity contribution in [3.8, 4) is 0 Å². The molecule has 2 heterocycles. The van der Waals surface area contributed by atoms with Gasteiger partial charge in [0.2, 0.25) is 0 Å². The molecule has 0 radical (unpaired) electrons. The van der Waals surface area contributed by atoms with Crippen LogP contribution in [0.1, 0.15) is 23.6 Å². The molecule has 0 bridgehead atoms. The summed E-state index contributed by atoms with van der Waals surface area (Å²) in [5, 5.41) is 22.1. The fraction of sp³-hybridized carbons (Fsp3) is 0.333. The smallest absolute Gasteiger partial charge is 0.295 e. The minimum Gasteiger partial charge on any atom is -0.507 e. The van der Waals surface area contributed by atoms with Crippen LogP contribution in [0.5, 0.6) is 0 Å². The lowest BCUT2D eigenvalue weighted by atomic mass is 9.95. The molecule has 172 valence electrons. The minimum atomic E-state index is -0.823. The van der Waals surface area contributed by atoms with E-state index in [1.54, 1.807) is 30.3 Å². The number of aliphatic hydroxyl groups is 1. The van der Waals surface area contributed by atoms with Gasteiger partial charge in [-0.25, -0.2) is 0 Å². The summed E-state index contributed by atoms with van der Waals surface area (Å²) in [4.78, 5) is 40.3. The van der Waals surface area contributed by atoms with Gasteiger partial charge < -0.3 is 14.7 Å². The van der Waals surface area contributed by atoms with Crippen molar-refractivity contribution in [1.29, 1.82) is 0 Å². The lowest BCUT2D eigenvalue weighted by Gasteiger charge is -2.29. The van der Waals surface area contributed by atoms with Gasteiger partial charge in [0.1, 0.15) is 5.76 Å². The van der Waals surface area contributed by atoms with E-state index < -0.39 is 22.7 Å². The molecule has 2 aliphatic heterocycles. The molecule has 33 heavy (non-hydrogen) atoms. The van der Waals surface area contributed by atoms with E-state index in [-0.39, 0.29) is 17.0 Å². The number of benzene rings is 2. The number of Topliss-reactive ketones (excluding diaryl/α,β-unsaturated/α-hetero) is 1. The van der Waals surface area contributed by atoms with Crippen LogP contribution in [0.25, 0.3) is 5.76 Å². The van der Waals surface area contributed by atoms with E-state index in [9.17, 15) is 24.8 Å². The average molecular weight is 451 g/mol. The minimum absolute atomic E-state index is 0.00794. The molecule has 9 nitrogen and oxygen atoms in total. The molecule has 2 aromatic carbocycles. The van der Waals surface area contributed by atoms with Gasteiger partial charge in [-0.15, -0.1) is 0 Å². The zero-order valence-corrected chi connectivity index (χ0v) is 18.1. The number of hydrogen-bond donors (Lipinski definition) is 1. The lowest BCUT2D eigenvalue weighted by Crippen LogP contribution is -2.38. The quantitative estimate of drug-likeness (QED) is 0.226. The number of likely N-dealkylation sites (tertiary alicyclic amines) is 1. The second-order valence-electron chi connectivity index (χ2n) is 8.01. The summed E-state index contributed by atoms with van der Waals surface area (Å²) in [6.07, 6.45) is 0.641. The van der Waals surface area contributed by atoms with Crippen molar-refractivity contribution in [3.05, 3.63) is 81.4 Å². The van der Waals surface area contributed by atoms with Crippen molar-refractivity contribution in [2.45, 2.75) is 12.5 Å². The fourth-order valence-electron chi connectivity index (χ4n) is 4.28. The monoisotopic (exact) mass is 451 g/mol. The Morgan fingerprint density at radius 2 is 1.70 bits per heavy atom. The van der Waals surface area contributed by atoms with E-state index in [1.165, 1.54) is 29.2 Å². The molecule has 9 heteroatoms. The van der Waals surface area contributed by atoms with Gasteiger partial charge in [-0.05, 0) is 24.1 Å². The number of morpholine rings is 1. The molecule has 0 aromatic heterocycles. The van der Waals surface area contributed by atoms with Gasteiger partial charge in [0.05, 0.1) is 29.8 Å². The summed E-state index contributed by atoms with van der Waals surface area (Å²) in [5.41, 5.74) is 0.858. The number of ether oxygens (including phenoxy) is 1. The van der Waals surface area contributed by atoms with E-state index >= 15 is 0 Å². The number of nitro groups is 1. The van der Waals surface area contributed by atoms with Crippen molar-refractivity contribution in [2.24, 2.45) is 0 Å². The number of rotatable bonds is 7. The van der Waals surface area contributed by atoms with Gasteiger partial charge in [0.15, 0.2) is 0 Å². The summed E-state index contributed by atoms with van der Waals surface area (Å²) in [6.45, 7) is 4.04. The lowest BCUT2D eigenvalue weighted by molar-refractivity contribution is -0.384. The Labute approximate surface area is 191 Å². The van der Waals surface area contributed by atoms with E-state index in [2.05, 4.69) is 4.90 Å². The first-order valence-corrected chi connectivity index (χ1v) is 10.9. The van der Waals surface area contributed by atoms with E-state index in [0.29, 0.717) is 37.3 Å². The van der Waals surface area contributed by atoms with Crippen LogP contribution >= 0.6 is 0 Å². The Hall–Kier alpha value is -3.56. The molecular formula is C24H25N3O6. The average Bonchev–Trinajstić information content (AvgIpc) is 3.10. The first-order valence-electron chi connectivity index (χ1n) is 10.9. The third-order valence-electron chi connectivity index (χ3n) is 5.98. The maximum Gasteiger partial charge on any atom is 0.295 e. The Morgan fingerprint density at radius 3 is 2.33 bits per heavy atom. The Bertz CT molecular complexity index is 1060. The number of carbonyl (C=O) groups excluding carboxylic acids is 2. The Balaban J connectivity index is 1.67. The summed E-state index contributed by atoms with van der Waals surface area (Å²) in [5.74, 6) is -1.70. The van der Waals surface area contributed by atoms with Crippen LogP contribution in [0.4, 0.5) is 5.69 Å². The molecular weight excluding hydrogens is 426 g/mol. The van der Waals surface area contributed by atoms with Crippen molar-refractivity contribution in [2.75, 3.05) is 39.4 Å². The number of nitro benzene ring substituents is 1. The summed E-state index contributed by atoms with van der Waals surface area (Å²) < 4.78 is 5.36. The van der Waals surface area contributed by atoms with Crippen LogP contribution in [-0.4, -0.2) is 70.9 Å². The summed E-state index contributed by atoms with van der Waals surface area (Å²) in [7, 11) is 0. The third-order valence-corrected chi connectivity index (χ3v) is 5.98. The normalized spacial score (nSPS) is 20.8. The van der Waals surface area contributed by atoms with Gasteiger partial charge >= 0.3 is 0 Å². The first kappa shape index (κ1) is 22.6. The third kappa shape index (κ3) is 4.79. The number of ketones is 1. The highest BCUT2D eigenvalue weighted by molar-refractivity contribution is 6.46. The number of aliphatic hydroxyl groups excluding tert-OH is 1. The van der Waals surface area contributed by atoms with Gasteiger partial charge in [0, 0.05) is 43.9 Å². The van der Waals surface area contributed by atoms with E-state index in [0.717, 1.165) is 19.6 Å². The highest BCUT2D eigenvalue weighted by Gasteiger charge is 2.45. The molecule has 1 amide bonds. The van der Waals surface area contributed by atoms with Crippen molar-refractivity contribution in [3.63, 3.8) is 0 Å². The van der Waals surface area contributed by atoms with Crippen LogP contribution in [0, 0.1) is 10.1 Å². The van der Waals surface area contributed by atoms with Crippen LogP contribution in [-0.2, 0) is 14.3 Å². The summed E-state index contributed by atoms with van der Waals surface area (Å²) in [6, 6.07) is 13.5. The van der Waals surface area contributed by atoms with Gasteiger partial charge in [0.25, 0.3) is 17.4 Å². The van der Waals surface area contributed by atoms with Crippen molar-refractivity contribution >= 4 is 23.1 Å².